The number of nitrogens with one attached hydrogen (secondary N) is 1. The number of hydrogen-bond acceptors (Lipinski definition) is 6. The Kier molecular flexibility index (Phi) is 6.08. The summed E-state index contributed by atoms with van der Waals surface area (Å²) in [5, 5.41) is 3.15. The van der Waals surface area contributed by atoms with E-state index in [9.17, 15) is 4.79 Å². The molecule has 7 heteroatoms. The van der Waals surface area contributed by atoms with Crippen LogP contribution in [0.2, 0.25) is 0 Å². The van der Waals surface area contributed by atoms with Gasteiger partial charge in [-0.2, -0.15) is 0 Å². The Morgan fingerprint density at radius 2 is 1.94 bits per heavy atom. The third-order valence-corrected chi connectivity index (χ3v) is 5.66. The normalized spacial score (nSPS) is 17.7. The smallest absolute Gasteiger partial charge is 0.261 e. The van der Waals surface area contributed by atoms with E-state index in [0.717, 1.165) is 29.7 Å². The van der Waals surface area contributed by atoms with Crippen LogP contribution in [0.15, 0.2) is 55.0 Å². The van der Waals surface area contributed by atoms with Crippen LogP contribution in [0.1, 0.15) is 44.5 Å². The molecule has 0 radical (unpaired) electrons. The van der Waals surface area contributed by atoms with E-state index >= 15 is 0 Å². The zero-order valence-corrected chi connectivity index (χ0v) is 18.8. The number of rotatable bonds is 6. The Balaban J connectivity index is 1.53. The molecular weight excluding hydrogens is 404 g/mol. The van der Waals surface area contributed by atoms with Crippen molar-refractivity contribution in [2.75, 3.05) is 7.11 Å². The van der Waals surface area contributed by atoms with Gasteiger partial charge in [-0.05, 0) is 49.4 Å². The van der Waals surface area contributed by atoms with Gasteiger partial charge < -0.3 is 14.8 Å². The first kappa shape index (κ1) is 21.7. The standard InChI is InChI=1S/C25H28N4O3/c1-16(32-19-7-5-6-18(12-19)31-4)24(30)29-22-14-25(2,3)13-21-20(22)15-27-23(28-21)17-8-10-26-11-9-17/h5-12,15-16,22H,13-14H2,1-4H3,(H,29,30). The summed E-state index contributed by atoms with van der Waals surface area (Å²) in [5.41, 5.74) is 2.84. The molecule has 2 heterocycles. The zero-order chi connectivity index (χ0) is 22.7. The molecule has 2 atom stereocenters. The predicted molar refractivity (Wildman–Crippen MR) is 121 cm³/mol. The number of carbonyl (C=O) groups excluding carboxylic acids is 1. The molecule has 0 saturated carbocycles. The molecule has 0 fully saturated rings. The average molecular weight is 433 g/mol. The number of fused-ring (bicyclic) bond motifs is 1. The third-order valence-electron chi connectivity index (χ3n) is 5.66. The first-order valence-corrected chi connectivity index (χ1v) is 10.7. The lowest BCUT2D eigenvalue weighted by molar-refractivity contribution is -0.128. The number of amides is 1. The van der Waals surface area contributed by atoms with Crippen LogP contribution < -0.4 is 14.8 Å². The molecule has 1 amide bonds. The average Bonchev–Trinajstić information content (AvgIpc) is 2.78. The number of ether oxygens (including phenoxy) is 2. The van der Waals surface area contributed by atoms with Gasteiger partial charge in [0, 0.05) is 35.8 Å². The van der Waals surface area contributed by atoms with Crippen LogP contribution in [0, 0.1) is 5.41 Å². The van der Waals surface area contributed by atoms with Crippen molar-refractivity contribution >= 4 is 5.91 Å². The minimum atomic E-state index is -0.660. The molecule has 0 bridgehead atoms. The molecular formula is C25H28N4O3. The Morgan fingerprint density at radius 3 is 2.69 bits per heavy atom. The lowest BCUT2D eigenvalue weighted by atomic mass is 9.74. The highest BCUT2D eigenvalue weighted by molar-refractivity contribution is 5.81. The highest BCUT2D eigenvalue weighted by atomic mass is 16.5. The van der Waals surface area contributed by atoms with Crippen molar-refractivity contribution in [1.29, 1.82) is 0 Å². The van der Waals surface area contributed by atoms with E-state index in [1.54, 1.807) is 38.6 Å². The first-order valence-electron chi connectivity index (χ1n) is 10.7. The van der Waals surface area contributed by atoms with Crippen LogP contribution >= 0.6 is 0 Å². The van der Waals surface area contributed by atoms with Gasteiger partial charge in [-0.1, -0.05) is 19.9 Å². The lowest BCUT2D eigenvalue weighted by Crippen LogP contribution is -2.42. The van der Waals surface area contributed by atoms with Crippen molar-refractivity contribution in [2.24, 2.45) is 5.41 Å². The van der Waals surface area contributed by atoms with Crippen molar-refractivity contribution in [2.45, 2.75) is 45.8 Å². The second kappa shape index (κ2) is 8.94. The molecule has 166 valence electrons. The quantitative estimate of drug-likeness (QED) is 0.630. The van der Waals surface area contributed by atoms with Crippen LogP contribution in [0.4, 0.5) is 0 Å². The van der Waals surface area contributed by atoms with Gasteiger partial charge in [-0.25, -0.2) is 9.97 Å². The minimum Gasteiger partial charge on any atom is -0.497 e. The maximum atomic E-state index is 13.0. The van der Waals surface area contributed by atoms with Crippen molar-refractivity contribution in [3.05, 3.63) is 66.2 Å². The molecule has 1 aliphatic rings. The number of methoxy groups -OCH3 is 1. The molecule has 3 aromatic rings. The fourth-order valence-electron chi connectivity index (χ4n) is 4.04. The van der Waals surface area contributed by atoms with Crippen molar-refractivity contribution in [1.82, 2.24) is 20.3 Å². The molecule has 1 aliphatic carbocycles. The molecule has 1 N–H and O–H groups in total. The van der Waals surface area contributed by atoms with E-state index in [1.807, 2.05) is 30.5 Å². The molecule has 32 heavy (non-hydrogen) atoms. The van der Waals surface area contributed by atoms with Gasteiger partial charge >= 0.3 is 0 Å². The molecule has 0 saturated heterocycles. The largest absolute Gasteiger partial charge is 0.497 e. The number of carbonyl (C=O) groups is 1. The summed E-state index contributed by atoms with van der Waals surface area (Å²) in [6.07, 6.45) is 6.27. The number of aromatic nitrogens is 3. The zero-order valence-electron chi connectivity index (χ0n) is 18.8. The summed E-state index contributed by atoms with van der Waals surface area (Å²) in [5.74, 6) is 1.75. The van der Waals surface area contributed by atoms with E-state index in [1.165, 1.54) is 0 Å². The van der Waals surface area contributed by atoms with Crippen LogP contribution in [0.25, 0.3) is 11.4 Å². The van der Waals surface area contributed by atoms with E-state index in [0.29, 0.717) is 17.3 Å². The highest BCUT2D eigenvalue weighted by Crippen LogP contribution is 2.40. The van der Waals surface area contributed by atoms with E-state index in [4.69, 9.17) is 14.5 Å². The second-order valence-electron chi connectivity index (χ2n) is 8.88. The third kappa shape index (κ3) is 4.88. The van der Waals surface area contributed by atoms with Crippen LogP contribution in [-0.4, -0.2) is 34.1 Å². The molecule has 1 aromatic carbocycles. The summed E-state index contributed by atoms with van der Waals surface area (Å²) in [4.78, 5) is 26.4. The Labute approximate surface area is 188 Å². The summed E-state index contributed by atoms with van der Waals surface area (Å²) >= 11 is 0. The van der Waals surface area contributed by atoms with Crippen molar-refractivity contribution in [3.8, 4) is 22.9 Å². The second-order valence-corrected chi connectivity index (χ2v) is 8.88. The van der Waals surface area contributed by atoms with Crippen molar-refractivity contribution < 1.29 is 14.3 Å². The predicted octanol–water partition coefficient (Wildman–Crippen LogP) is 4.14. The van der Waals surface area contributed by atoms with E-state index in [2.05, 4.69) is 29.1 Å². The number of hydrogen-bond donors (Lipinski definition) is 1. The molecule has 4 rings (SSSR count). The number of nitrogens with zero attached hydrogens (tertiary/aromatic N) is 3. The molecule has 7 nitrogen and oxygen atoms in total. The van der Waals surface area contributed by atoms with Gasteiger partial charge in [0.15, 0.2) is 11.9 Å². The van der Waals surface area contributed by atoms with Gasteiger partial charge in [-0.3, -0.25) is 9.78 Å². The lowest BCUT2D eigenvalue weighted by Gasteiger charge is -2.37. The van der Waals surface area contributed by atoms with Gasteiger partial charge in [0.2, 0.25) is 0 Å². The Morgan fingerprint density at radius 1 is 1.19 bits per heavy atom. The Bertz CT molecular complexity index is 1100. The number of benzene rings is 1. The van der Waals surface area contributed by atoms with Crippen molar-refractivity contribution in [3.63, 3.8) is 0 Å². The SMILES string of the molecule is COc1cccc(OC(C)C(=O)NC2CC(C)(C)Cc3nc(-c4ccncc4)ncc32)c1. The molecule has 0 aliphatic heterocycles. The van der Waals surface area contributed by atoms with Gasteiger partial charge in [0.25, 0.3) is 5.91 Å². The monoisotopic (exact) mass is 432 g/mol. The summed E-state index contributed by atoms with van der Waals surface area (Å²) in [7, 11) is 1.60. The fourth-order valence-corrected chi connectivity index (χ4v) is 4.04. The molecule has 2 unspecified atom stereocenters. The summed E-state index contributed by atoms with van der Waals surface area (Å²) in [6.45, 7) is 6.13. The molecule has 0 spiro atoms. The first-order chi connectivity index (χ1) is 15.3. The maximum absolute atomic E-state index is 13.0. The maximum Gasteiger partial charge on any atom is 0.261 e. The van der Waals surface area contributed by atoms with Crippen LogP contribution in [0.3, 0.4) is 0 Å². The Hall–Kier alpha value is -3.48. The fraction of sp³-hybridized carbons (Fsp3) is 0.360. The highest BCUT2D eigenvalue weighted by Gasteiger charge is 2.35. The van der Waals surface area contributed by atoms with Crippen LogP contribution in [0.5, 0.6) is 11.5 Å². The minimum absolute atomic E-state index is 0.00823. The molecule has 2 aromatic heterocycles. The van der Waals surface area contributed by atoms with Gasteiger partial charge in [-0.15, -0.1) is 0 Å². The van der Waals surface area contributed by atoms with E-state index in [-0.39, 0.29) is 17.4 Å². The van der Waals surface area contributed by atoms with Gasteiger partial charge in [0.1, 0.15) is 11.5 Å². The van der Waals surface area contributed by atoms with Gasteiger partial charge in [0.05, 0.1) is 18.8 Å². The van der Waals surface area contributed by atoms with E-state index < -0.39 is 6.10 Å². The topological polar surface area (TPSA) is 86.2 Å². The summed E-state index contributed by atoms with van der Waals surface area (Å²) in [6, 6.07) is 10.8. The van der Waals surface area contributed by atoms with Crippen LogP contribution in [-0.2, 0) is 11.2 Å². The number of pyridine rings is 1. The summed E-state index contributed by atoms with van der Waals surface area (Å²) < 4.78 is 11.1.